The van der Waals surface area contributed by atoms with Crippen LogP contribution in [0.15, 0.2) is 12.7 Å². The lowest BCUT2D eigenvalue weighted by Crippen LogP contribution is -2.52. The zero-order chi connectivity index (χ0) is 9.90. The van der Waals surface area contributed by atoms with Gasteiger partial charge in [0, 0.05) is 26.2 Å². The molecule has 1 aliphatic heterocycles. The summed E-state index contributed by atoms with van der Waals surface area (Å²) in [4.78, 5) is 1.39. The molecule has 0 radical (unpaired) electrons. The highest BCUT2D eigenvalue weighted by molar-refractivity contribution is 4.94. The van der Waals surface area contributed by atoms with Crippen molar-refractivity contribution in [2.75, 3.05) is 26.2 Å². The second-order valence-electron chi connectivity index (χ2n) is 3.01. The Balaban J connectivity index is 2.59. The fourth-order valence-corrected chi connectivity index (χ4v) is 1.45. The van der Waals surface area contributed by atoms with Gasteiger partial charge in [0.2, 0.25) is 0 Å². The predicted octanol–water partition coefficient (Wildman–Crippen LogP) is 1.01. The van der Waals surface area contributed by atoms with Crippen molar-refractivity contribution in [1.29, 1.82) is 0 Å². The van der Waals surface area contributed by atoms with E-state index in [1.807, 2.05) is 0 Å². The highest BCUT2D eigenvalue weighted by atomic mass is 19.4. The summed E-state index contributed by atoms with van der Waals surface area (Å²) in [5.41, 5.74) is 0. The SMILES string of the molecule is C=C[C@H](N1CCNCC1)C(F)(F)F. The maximum atomic E-state index is 12.4. The fraction of sp³-hybridized carbons (Fsp3) is 0.750. The predicted molar refractivity (Wildman–Crippen MR) is 44.5 cm³/mol. The molecule has 0 aliphatic carbocycles. The van der Waals surface area contributed by atoms with Crippen LogP contribution in [0.5, 0.6) is 0 Å². The first-order chi connectivity index (χ1) is 6.05. The third-order valence-corrected chi connectivity index (χ3v) is 2.10. The minimum absolute atomic E-state index is 0.427. The normalized spacial score (nSPS) is 22.7. The quantitative estimate of drug-likeness (QED) is 0.660. The molecule has 1 atom stereocenters. The molecular weight excluding hydrogens is 181 g/mol. The van der Waals surface area contributed by atoms with Crippen LogP contribution in [0.3, 0.4) is 0 Å². The summed E-state index contributed by atoms with van der Waals surface area (Å²) in [5.74, 6) is 0. The third-order valence-electron chi connectivity index (χ3n) is 2.10. The van der Waals surface area contributed by atoms with Crippen LogP contribution < -0.4 is 5.32 Å². The second-order valence-corrected chi connectivity index (χ2v) is 3.01. The van der Waals surface area contributed by atoms with Gasteiger partial charge in [-0.05, 0) is 0 Å². The Labute approximate surface area is 75.4 Å². The Morgan fingerprint density at radius 2 is 1.85 bits per heavy atom. The number of piperazine rings is 1. The van der Waals surface area contributed by atoms with Crippen LogP contribution in [0, 0.1) is 0 Å². The van der Waals surface area contributed by atoms with Gasteiger partial charge >= 0.3 is 6.18 Å². The van der Waals surface area contributed by atoms with Crippen LogP contribution in [0.1, 0.15) is 0 Å². The minimum atomic E-state index is -4.20. The first-order valence-electron chi connectivity index (χ1n) is 4.19. The Morgan fingerprint density at radius 3 is 2.23 bits per heavy atom. The van der Waals surface area contributed by atoms with Gasteiger partial charge in [0.15, 0.2) is 0 Å². The zero-order valence-electron chi connectivity index (χ0n) is 7.27. The van der Waals surface area contributed by atoms with Gasteiger partial charge in [-0.15, -0.1) is 6.58 Å². The molecule has 1 saturated heterocycles. The minimum Gasteiger partial charge on any atom is -0.314 e. The van der Waals surface area contributed by atoms with Crippen LogP contribution in [-0.2, 0) is 0 Å². The second kappa shape index (κ2) is 4.11. The van der Waals surface area contributed by atoms with Crippen molar-refractivity contribution in [3.63, 3.8) is 0 Å². The summed E-state index contributed by atoms with van der Waals surface area (Å²) >= 11 is 0. The molecule has 0 unspecified atom stereocenters. The lowest BCUT2D eigenvalue weighted by Gasteiger charge is -2.34. The Bertz CT molecular complexity index is 173. The fourth-order valence-electron chi connectivity index (χ4n) is 1.45. The van der Waals surface area contributed by atoms with Crippen molar-refractivity contribution in [3.05, 3.63) is 12.7 Å². The smallest absolute Gasteiger partial charge is 0.314 e. The number of hydrogen-bond donors (Lipinski definition) is 1. The summed E-state index contributed by atoms with van der Waals surface area (Å²) in [6.45, 7) is 5.30. The Hall–Kier alpha value is -0.550. The largest absolute Gasteiger partial charge is 0.407 e. The van der Waals surface area contributed by atoms with Crippen molar-refractivity contribution >= 4 is 0 Å². The molecule has 1 N–H and O–H groups in total. The van der Waals surface area contributed by atoms with Gasteiger partial charge in [-0.2, -0.15) is 13.2 Å². The van der Waals surface area contributed by atoms with E-state index in [-0.39, 0.29) is 0 Å². The van der Waals surface area contributed by atoms with E-state index >= 15 is 0 Å². The van der Waals surface area contributed by atoms with E-state index in [9.17, 15) is 13.2 Å². The molecule has 13 heavy (non-hydrogen) atoms. The van der Waals surface area contributed by atoms with Gasteiger partial charge < -0.3 is 5.32 Å². The molecular formula is C8H13F3N2. The highest BCUT2D eigenvalue weighted by Gasteiger charge is 2.41. The maximum absolute atomic E-state index is 12.4. The first kappa shape index (κ1) is 10.5. The molecule has 1 heterocycles. The van der Waals surface area contributed by atoms with Gasteiger partial charge in [-0.1, -0.05) is 6.08 Å². The van der Waals surface area contributed by atoms with Crippen molar-refractivity contribution in [1.82, 2.24) is 10.2 Å². The van der Waals surface area contributed by atoms with E-state index in [0.717, 1.165) is 6.08 Å². The van der Waals surface area contributed by atoms with Crippen molar-refractivity contribution in [3.8, 4) is 0 Å². The molecule has 76 valence electrons. The van der Waals surface area contributed by atoms with E-state index in [1.165, 1.54) is 4.90 Å². The summed E-state index contributed by atoms with van der Waals surface area (Å²) in [6, 6.07) is -1.49. The molecule has 0 spiro atoms. The summed E-state index contributed by atoms with van der Waals surface area (Å²) in [7, 11) is 0. The van der Waals surface area contributed by atoms with Gasteiger partial charge in [-0.25, -0.2) is 0 Å². The zero-order valence-corrected chi connectivity index (χ0v) is 7.27. The molecule has 0 aromatic rings. The van der Waals surface area contributed by atoms with Crippen LogP contribution in [-0.4, -0.2) is 43.3 Å². The van der Waals surface area contributed by atoms with Crippen molar-refractivity contribution in [2.24, 2.45) is 0 Å². The number of nitrogens with one attached hydrogen (secondary N) is 1. The monoisotopic (exact) mass is 194 g/mol. The van der Waals surface area contributed by atoms with E-state index < -0.39 is 12.2 Å². The summed E-state index contributed by atoms with van der Waals surface area (Å²) < 4.78 is 37.1. The Kier molecular flexibility index (Phi) is 3.33. The topological polar surface area (TPSA) is 15.3 Å². The number of rotatable bonds is 2. The van der Waals surface area contributed by atoms with Crippen molar-refractivity contribution in [2.45, 2.75) is 12.2 Å². The lowest BCUT2D eigenvalue weighted by molar-refractivity contribution is -0.171. The average molecular weight is 194 g/mol. The molecule has 1 fully saturated rings. The number of halogens is 3. The van der Waals surface area contributed by atoms with Crippen LogP contribution in [0.2, 0.25) is 0 Å². The molecule has 1 aliphatic rings. The molecule has 0 amide bonds. The van der Waals surface area contributed by atoms with E-state index in [4.69, 9.17) is 0 Å². The summed E-state index contributed by atoms with van der Waals surface area (Å²) in [5, 5.41) is 3.00. The molecule has 0 aromatic heterocycles. The van der Waals surface area contributed by atoms with Gasteiger partial charge in [-0.3, -0.25) is 4.90 Å². The maximum Gasteiger partial charge on any atom is 0.407 e. The van der Waals surface area contributed by atoms with Gasteiger partial charge in [0.1, 0.15) is 6.04 Å². The Morgan fingerprint density at radius 1 is 1.31 bits per heavy atom. The van der Waals surface area contributed by atoms with Crippen LogP contribution in [0.25, 0.3) is 0 Å². The molecule has 0 aromatic carbocycles. The first-order valence-corrected chi connectivity index (χ1v) is 4.19. The van der Waals surface area contributed by atoms with E-state index in [1.54, 1.807) is 0 Å². The van der Waals surface area contributed by atoms with E-state index in [2.05, 4.69) is 11.9 Å². The third kappa shape index (κ3) is 2.70. The molecule has 2 nitrogen and oxygen atoms in total. The number of hydrogen-bond acceptors (Lipinski definition) is 2. The molecule has 5 heteroatoms. The summed E-state index contributed by atoms with van der Waals surface area (Å²) in [6.07, 6.45) is -3.23. The van der Waals surface area contributed by atoms with Crippen molar-refractivity contribution < 1.29 is 13.2 Å². The number of nitrogens with zero attached hydrogens (tertiary/aromatic N) is 1. The molecule has 1 rings (SSSR count). The van der Waals surface area contributed by atoms with E-state index in [0.29, 0.717) is 26.2 Å². The lowest BCUT2D eigenvalue weighted by atomic mass is 10.2. The van der Waals surface area contributed by atoms with Crippen LogP contribution in [0.4, 0.5) is 13.2 Å². The molecule has 0 saturated carbocycles. The average Bonchev–Trinajstić information content (AvgIpc) is 2.05. The standard InChI is InChI=1S/C8H13F3N2/c1-2-7(8(9,10)11)13-5-3-12-4-6-13/h2,7,12H,1,3-6H2/t7-/m0/s1. The highest BCUT2D eigenvalue weighted by Crippen LogP contribution is 2.25. The molecule has 0 bridgehead atoms. The van der Waals surface area contributed by atoms with Crippen LogP contribution >= 0.6 is 0 Å². The van der Waals surface area contributed by atoms with Gasteiger partial charge in [0.25, 0.3) is 0 Å². The van der Waals surface area contributed by atoms with Gasteiger partial charge in [0.05, 0.1) is 0 Å². The number of alkyl halides is 3.